The molecule has 4 nitrogen and oxygen atoms in total. The van der Waals surface area contributed by atoms with E-state index >= 15 is 0 Å². The molecular formula is C27H33N3O. The van der Waals surface area contributed by atoms with E-state index < -0.39 is 5.54 Å². The van der Waals surface area contributed by atoms with Gasteiger partial charge in [-0.25, -0.2) is 0 Å². The van der Waals surface area contributed by atoms with Crippen LogP contribution in [0.2, 0.25) is 0 Å². The van der Waals surface area contributed by atoms with Gasteiger partial charge in [0.15, 0.2) is 5.54 Å². The minimum atomic E-state index is -0.798. The summed E-state index contributed by atoms with van der Waals surface area (Å²) in [5.74, 6) is 0.830. The third-order valence-electron chi connectivity index (χ3n) is 7.86. The number of likely N-dealkylation sites (tertiary alicyclic amines) is 1. The Morgan fingerprint density at radius 3 is 2.13 bits per heavy atom. The number of amides is 1. The Morgan fingerprint density at radius 2 is 1.61 bits per heavy atom. The van der Waals surface area contributed by atoms with E-state index in [1.54, 1.807) is 0 Å². The fourth-order valence-electron chi connectivity index (χ4n) is 6.82. The Labute approximate surface area is 185 Å². The van der Waals surface area contributed by atoms with Crippen LogP contribution in [-0.4, -0.2) is 40.7 Å². The molecule has 2 aromatic carbocycles. The third-order valence-corrected chi connectivity index (χ3v) is 7.86. The van der Waals surface area contributed by atoms with Crippen LogP contribution in [0.1, 0.15) is 37.8 Å². The van der Waals surface area contributed by atoms with Crippen molar-refractivity contribution < 1.29 is 4.79 Å². The maximum Gasteiger partial charge on any atom is 0.247 e. The summed E-state index contributed by atoms with van der Waals surface area (Å²) in [7, 11) is 0. The van der Waals surface area contributed by atoms with Crippen molar-refractivity contribution in [1.82, 2.24) is 4.90 Å². The molecule has 1 aliphatic carbocycles. The molecule has 0 radical (unpaired) electrons. The summed E-state index contributed by atoms with van der Waals surface area (Å²) in [6.07, 6.45) is 5.84. The van der Waals surface area contributed by atoms with Crippen molar-refractivity contribution >= 4 is 12.1 Å². The molecule has 6 rings (SSSR count). The molecule has 1 saturated heterocycles. The van der Waals surface area contributed by atoms with E-state index in [4.69, 9.17) is 10.7 Å². The zero-order valence-electron chi connectivity index (χ0n) is 18.6. The number of rotatable bonds is 7. The van der Waals surface area contributed by atoms with Gasteiger partial charge in [0.1, 0.15) is 0 Å². The highest BCUT2D eigenvalue weighted by atomic mass is 16.1. The second-order valence-electron chi connectivity index (χ2n) is 10.2. The molecule has 0 spiro atoms. The van der Waals surface area contributed by atoms with Crippen LogP contribution < -0.4 is 5.73 Å². The Kier molecular flexibility index (Phi) is 5.01. The van der Waals surface area contributed by atoms with Gasteiger partial charge in [0.2, 0.25) is 5.91 Å². The highest BCUT2D eigenvalue weighted by molar-refractivity contribution is 5.91. The van der Waals surface area contributed by atoms with Gasteiger partial charge in [0, 0.05) is 30.3 Å². The lowest BCUT2D eigenvalue weighted by molar-refractivity contribution is -0.127. The quantitative estimate of drug-likeness (QED) is 0.746. The van der Waals surface area contributed by atoms with Crippen LogP contribution in [0.25, 0.3) is 0 Å². The van der Waals surface area contributed by atoms with Gasteiger partial charge in [-0.1, -0.05) is 74.5 Å². The average Bonchev–Trinajstić information content (AvgIpc) is 2.91. The van der Waals surface area contributed by atoms with Crippen LogP contribution in [-0.2, 0) is 17.6 Å². The van der Waals surface area contributed by atoms with Gasteiger partial charge in [-0.3, -0.25) is 14.7 Å². The van der Waals surface area contributed by atoms with Crippen molar-refractivity contribution in [1.29, 1.82) is 0 Å². The lowest BCUT2D eigenvalue weighted by Crippen LogP contribution is -2.61. The van der Waals surface area contributed by atoms with Crippen LogP contribution in [0, 0.1) is 17.8 Å². The number of aliphatic imine (C=N–C) groups is 1. The van der Waals surface area contributed by atoms with Crippen LogP contribution in [0.5, 0.6) is 0 Å². The van der Waals surface area contributed by atoms with E-state index in [2.05, 4.69) is 79.4 Å². The first-order chi connectivity index (χ1) is 15.0. The summed E-state index contributed by atoms with van der Waals surface area (Å²) in [5, 5.41) is 0. The highest BCUT2D eigenvalue weighted by Gasteiger charge is 2.72. The van der Waals surface area contributed by atoms with Gasteiger partial charge in [-0.15, -0.1) is 0 Å². The summed E-state index contributed by atoms with van der Waals surface area (Å²) in [6, 6.07) is 21.6. The first-order valence-corrected chi connectivity index (χ1v) is 11.7. The van der Waals surface area contributed by atoms with Crippen molar-refractivity contribution in [3.63, 3.8) is 0 Å². The first kappa shape index (κ1) is 20.4. The van der Waals surface area contributed by atoms with E-state index in [1.165, 1.54) is 11.1 Å². The fraction of sp³-hybridized carbons (Fsp3) is 0.481. The zero-order chi connectivity index (χ0) is 21.6. The standard InChI is InChI=1S/C27H33N3O/c1-19(2)18-30-24-14-22-13-23(27(24,25(28)31)29-17-22)26(30,15-20-9-5-3-6-10-20)16-21-11-7-4-8-12-21/h3-12,17,19,22-24H,13-16,18H2,1-2H3,(H2,28,31). The number of carbonyl (C=O) groups is 1. The van der Waals surface area contributed by atoms with Gasteiger partial charge in [-0.2, -0.15) is 0 Å². The summed E-state index contributed by atoms with van der Waals surface area (Å²) in [4.78, 5) is 20.7. The van der Waals surface area contributed by atoms with Gasteiger partial charge >= 0.3 is 0 Å². The van der Waals surface area contributed by atoms with Gasteiger partial charge in [0.05, 0.1) is 0 Å². The average molecular weight is 416 g/mol. The number of hydrogen-bond donors (Lipinski definition) is 1. The van der Waals surface area contributed by atoms with Crippen molar-refractivity contribution in [2.45, 2.75) is 56.7 Å². The molecule has 31 heavy (non-hydrogen) atoms. The number of nitrogens with two attached hydrogens (primary N) is 1. The molecular weight excluding hydrogens is 382 g/mol. The van der Waals surface area contributed by atoms with Crippen LogP contribution in [0.3, 0.4) is 0 Å². The number of nitrogens with zero attached hydrogens (tertiary/aromatic N) is 2. The molecule has 2 N–H and O–H groups in total. The molecule has 162 valence electrons. The monoisotopic (exact) mass is 415 g/mol. The molecule has 1 saturated carbocycles. The molecule has 2 fully saturated rings. The van der Waals surface area contributed by atoms with Crippen LogP contribution in [0.15, 0.2) is 65.7 Å². The largest absolute Gasteiger partial charge is 0.367 e. The maximum atomic E-state index is 13.1. The Bertz CT molecular complexity index is 929. The molecule has 4 atom stereocenters. The molecule has 3 heterocycles. The summed E-state index contributed by atoms with van der Waals surface area (Å²) in [6.45, 7) is 5.51. The summed E-state index contributed by atoms with van der Waals surface area (Å²) >= 11 is 0. The number of primary amides is 1. The lowest BCUT2D eigenvalue weighted by atomic mass is 9.60. The lowest BCUT2D eigenvalue weighted by Gasteiger charge is -2.46. The van der Waals surface area contributed by atoms with E-state index in [1.807, 2.05) is 6.21 Å². The Morgan fingerprint density at radius 1 is 1.03 bits per heavy atom. The highest BCUT2D eigenvalue weighted by Crippen LogP contribution is 2.60. The number of hydrogen-bond acceptors (Lipinski definition) is 3. The summed E-state index contributed by atoms with van der Waals surface area (Å²) in [5.41, 5.74) is 7.84. The van der Waals surface area contributed by atoms with Gasteiger partial charge in [0.25, 0.3) is 0 Å². The second-order valence-corrected chi connectivity index (χ2v) is 10.2. The molecule has 0 aromatic heterocycles. The van der Waals surface area contributed by atoms with E-state index in [-0.39, 0.29) is 23.4 Å². The molecule has 4 unspecified atom stereocenters. The number of carbonyl (C=O) groups excluding carboxylic acids is 1. The zero-order valence-corrected chi connectivity index (χ0v) is 18.6. The molecule has 4 aliphatic rings. The molecule has 3 aliphatic heterocycles. The van der Waals surface area contributed by atoms with Crippen molar-refractivity contribution in [2.75, 3.05) is 6.54 Å². The predicted molar refractivity (Wildman–Crippen MR) is 125 cm³/mol. The number of benzene rings is 2. The van der Waals surface area contributed by atoms with E-state index in [0.29, 0.717) is 11.8 Å². The van der Waals surface area contributed by atoms with Crippen LogP contribution >= 0.6 is 0 Å². The smallest absolute Gasteiger partial charge is 0.247 e. The molecule has 4 bridgehead atoms. The van der Waals surface area contributed by atoms with Crippen molar-refractivity contribution in [3.05, 3.63) is 71.8 Å². The molecule has 1 amide bonds. The topological polar surface area (TPSA) is 58.7 Å². The van der Waals surface area contributed by atoms with Crippen molar-refractivity contribution in [2.24, 2.45) is 28.5 Å². The van der Waals surface area contributed by atoms with Crippen molar-refractivity contribution in [3.8, 4) is 0 Å². The summed E-state index contributed by atoms with van der Waals surface area (Å²) < 4.78 is 0. The first-order valence-electron chi connectivity index (χ1n) is 11.7. The second kappa shape index (κ2) is 7.59. The van der Waals surface area contributed by atoms with E-state index in [9.17, 15) is 4.79 Å². The Balaban J connectivity index is 1.70. The molecule has 4 heteroatoms. The van der Waals surface area contributed by atoms with Gasteiger partial charge in [-0.05, 0) is 48.6 Å². The van der Waals surface area contributed by atoms with Crippen LogP contribution in [0.4, 0.5) is 0 Å². The fourth-order valence-corrected chi connectivity index (χ4v) is 6.82. The SMILES string of the molecule is CC(C)CN1C2CC3C=NC2(C(N)=O)C(C3)C1(Cc1ccccc1)Cc1ccccc1. The molecule has 2 aromatic rings. The van der Waals surface area contributed by atoms with Gasteiger partial charge < -0.3 is 5.73 Å². The normalized spacial score (nSPS) is 30.7. The maximum absolute atomic E-state index is 13.1. The minimum absolute atomic E-state index is 0.0913. The predicted octanol–water partition coefficient (Wildman–Crippen LogP) is 3.89. The third kappa shape index (κ3) is 3.15. The van der Waals surface area contributed by atoms with E-state index in [0.717, 1.165) is 32.2 Å². The minimum Gasteiger partial charge on any atom is -0.367 e. The Hall–Kier alpha value is -2.46.